The van der Waals surface area contributed by atoms with Crippen LogP contribution in [0.1, 0.15) is 25.7 Å². The van der Waals surface area contributed by atoms with E-state index in [9.17, 15) is 13.2 Å². The highest BCUT2D eigenvalue weighted by Crippen LogP contribution is 2.31. The molecule has 7 heteroatoms. The number of hydrogen-bond donors (Lipinski definition) is 2. The first-order chi connectivity index (χ1) is 13.4. The average Bonchev–Trinajstić information content (AvgIpc) is 2.73. The summed E-state index contributed by atoms with van der Waals surface area (Å²) in [6.07, 6.45) is 2.52. The van der Waals surface area contributed by atoms with Gasteiger partial charge in [-0.2, -0.15) is 0 Å². The maximum Gasteiger partial charge on any atom is 0.308 e. The third kappa shape index (κ3) is 4.54. The summed E-state index contributed by atoms with van der Waals surface area (Å²) in [4.78, 5) is 11.9. The second kappa shape index (κ2) is 8.75. The predicted molar refractivity (Wildman–Crippen MR) is 110 cm³/mol. The first kappa shape index (κ1) is 20.4. The summed E-state index contributed by atoms with van der Waals surface area (Å²) in [7, 11) is -0.479. The topological polar surface area (TPSA) is 84.5 Å². The number of benzene rings is 2. The molecule has 0 bridgehead atoms. The number of carbonyl (C=O) groups excluding carboxylic acids is 1. The van der Waals surface area contributed by atoms with E-state index in [-0.39, 0.29) is 22.8 Å². The zero-order valence-electron chi connectivity index (χ0n) is 16.1. The lowest BCUT2D eigenvalue weighted by Crippen LogP contribution is -2.38. The van der Waals surface area contributed by atoms with E-state index in [2.05, 4.69) is 10.0 Å². The molecule has 28 heavy (non-hydrogen) atoms. The highest BCUT2D eigenvalue weighted by molar-refractivity contribution is 7.89. The molecule has 1 aliphatic carbocycles. The average molecular weight is 403 g/mol. The number of ether oxygens (including phenoxy) is 1. The van der Waals surface area contributed by atoms with Gasteiger partial charge >= 0.3 is 5.97 Å². The lowest BCUT2D eigenvalue weighted by atomic mass is 9.86. The molecule has 0 aromatic heterocycles. The maximum absolute atomic E-state index is 12.9. The van der Waals surface area contributed by atoms with Gasteiger partial charge in [0.05, 0.1) is 17.9 Å². The molecule has 2 aromatic carbocycles. The van der Waals surface area contributed by atoms with Gasteiger partial charge in [-0.1, -0.05) is 36.4 Å². The summed E-state index contributed by atoms with van der Waals surface area (Å²) in [5.74, 6) is -0.344. The molecule has 2 aromatic rings. The molecule has 2 N–H and O–H groups in total. The van der Waals surface area contributed by atoms with Crippen molar-refractivity contribution in [2.24, 2.45) is 5.92 Å². The summed E-state index contributed by atoms with van der Waals surface area (Å²) in [6.45, 7) is 0. The fourth-order valence-electron chi connectivity index (χ4n) is 3.67. The van der Waals surface area contributed by atoms with Crippen molar-refractivity contribution in [1.29, 1.82) is 0 Å². The van der Waals surface area contributed by atoms with Crippen LogP contribution in [-0.2, 0) is 19.6 Å². The maximum atomic E-state index is 12.9. The van der Waals surface area contributed by atoms with Crippen molar-refractivity contribution in [2.75, 3.05) is 19.5 Å². The van der Waals surface area contributed by atoms with E-state index in [4.69, 9.17) is 4.74 Å². The van der Waals surface area contributed by atoms with Gasteiger partial charge in [0.15, 0.2) is 0 Å². The molecule has 0 aliphatic heterocycles. The molecule has 1 saturated carbocycles. The van der Waals surface area contributed by atoms with Gasteiger partial charge in [0.1, 0.15) is 0 Å². The van der Waals surface area contributed by atoms with Gasteiger partial charge in [0, 0.05) is 24.3 Å². The van der Waals surface area contributed by atoms with Crippen LogP contribution in [0.25, 0.3) is 11.1 Å². The number of anilines is 1. The van der Waals surface area contributed by atoms with Gasteiger partial charge in [0.25, 0.3) is 0 Å². The zero-order chi connectivity index (χ0) is 20.1. The van der Waals surface area contributed by atoms with Crippen molar-refractivity contribution in [1.82, 2.24) is 4.72 Å². The van der Waals surface area contributed by atoms with Gasteiger partial charge in [-0.05, 0) is 43.4 Å². The Morgan fingerprint density at radius 2 is 1.71 bits per heavy atom. The van der Waals surface area contributed by atoms with Crippen LogP contribution in [0.4, 0.5) is 5.69 Å². The molecule has 0 saturated heterocycles. The van der Waals surface area contributed by atoms with E-state index in [1.165, 1.54) is 7.11 Å². The Kier molecular flexibility index (Phi) is 6.36. The number of hydrogen-bond acceptors (Lipinski definition) is 5. The first-order valence-corrected chi connectivity index (χ1v) is 10.9. The van der Waals surface area contributed by atoms with Crippen LogP contribution in [0.15, 0.2) is 53.4 Å². The number of methoxy groups -OCH3 is 1. The molecule has 1 aliphatic rings. The van der Waals surface area contributed by atoms with Crippen LogP contribution in [0.2, 0.25) is 0 Å². The molecule has 0 unspecified atom stereocenters. The van der Waals surface area contributed by atoms with Crippen molar-refractivity contribution in [2.45, 2.75) is 36.6 Å². The molecular weight excluding hydrogens is 376 g/mol. The van der Waals surface area contributed by atoms with Gasteiger partial charge in [-0.25, -0.2) is 13.1 Å². The standard InChI is InChI=1S/C21H26N2O4S/c1-22-20-14-18(12-13-19(20)15-6-4-3-5-7-15)28(25,26)23-17-10-8-16(9-11-17)21(24)27-2/h3-7,12-14,16-17,22-23H,8-11H2,1-2H3/t16-,17-. The Balaban J connectivity index is 1.75. The lowest BCUT2D eigenvalue weighted by molar-refractivity contribution is -0.146. The summed E-state index contributed by atoms with van der Waals surface area (Å²) >= 11 is 0. The Morgan fingerprint density at radius 3 is 2.32 bits per heavy atom. The Morgan fingerprint density at radius 1 is 1.04 bits per heavy atom. The normalized spacial score (nSPS) is 19.8. The fraction of sp³-hybridized carbons (Fsp3) is 0.381. The summed E-state index contributed by atoms with van der Waals surface area (Å²) in [5, 5.41) is 3.09. The number of rotatable bonds is 6. The number of nitrogens with one attached hydrogen (secondary N) is 2. The molecule has 0 atom stereocenters. The van der Waals surface area contributed by atoms with Gasteiger partial charge in [0.2, 0.25) is 10.0 Å². The quantitative estimate of drug-likeness (QED) is 0.724. The van der Waals surface area contributed by atoms with E-state index in [0.717, 1.165) is 16.8 Å². The molecule has 3 rings (SSSR count). The van der Waals surface area contributed by atoms with E-state index < -0.39 is 10.0 Å². The first-order valence-electron chi connectivity index (χ1n) is 9.42. The van der Waals surface area contributed by atoms with Crippen molar-refractivity contribution in [3.8, 4) is 11.1 Å². The van der Waals surface area contributed by atoms with Crippen LogP contribution >= 0.6 is 0 Å². The van der Waals surface area contributed by atoms with Crippen LogP contribution in [0.3, 0.4) is 0 Å². The Bertz CT molecular complexity index is 921. The molecule has 1 fully saturated rings. The molecule has 0 amide bonds. The van der Waals surface area contributed by atoms with E-state index in [1.54, 1.807) is 19.2 Å². The molecule has 0 spiro atoms. The second-order valence-corrected chi connectivity index (χ2v) is 8.73. The summed E-state index contributed by atoms with van der Waals surface area (Å²) in [6, 6.07) is 14.8. The van der Waals surface area contributed by atoms with Crippen LogP contribution < -0.4 is 10.0 Å². The minimum absolute atomic E-state index is 0.133. The zero-order valence-corrected chi connectivity index (χ0v) is 17.0. The number of sulfonamides is 1. The van der Waals surface area contributed by atoms with Crippen LogP contribution in [0.5, 0.6) is 0 Å². The van der Waals surface area contributed by atoms with Gasteiger partial charge in [-0.15, -0.1) is 0 Å². The molecule has 0 heterocycles. The smallest absolute Gasteiger partial charge is 0.308 e. The number of carbonyl (C=O) groups is 1. The highest BCUT2D eigenvalue weighted by Gasteiger charge is 2.29. The van der Waals surface area contributed by atoms with Gasteiger partial charge in [-0.3, -0.25) is 4.79 Å². The van der Waals surface area contributed by atoms with Crippen molar-refractivity contribution >= 4 is 21.7 Å². The van der Waals surface area contributed by atoms with Crippen molar-refractivity contribution in [3.63, 3.8) is 0 Å². The minimum atomic E-state index is -3.64. The van der Waals surface area contributed by atoms with Crippen LogP contribution in [-0.4, -0.2) is 34.6 Å². The predicted octanol–water partition coefficient (Wildman–Crippen LogP) is 3.41. The largest absolute Gasteiger partial charge is 0.469 e. The minimum Gasteiger partial charge on any atom is -0.469 e. The number of esters is 1. The Labute approximate surface area is 166 Å². The van der Waals surface area contributed by atoms with Gasteiger partial charge < -0.3 is 10.1 Å². The molecule has 150 valence electrons. The molecular formula is C21H26N2O4S. The fourth-order valence-corrected chi connectivity index (χ4v) is 5.00. The Hall–Kier alpha value is -2.38. The van der Waals surface area contributed by atoms with E-state index in [1.807, 2.05) is 36.4 Å². The highest BCUT2D eigenvalue weighted by atomic mass is 32.2. The second-order valence-electron chi connectivity index (χ2n) is 7.02. The monoisotopic (exact) mass is 402 g/mol. The van der Waals surface area contributed by atoms with E-state index >= 15 is 0 Å². The molecule has 6 nitrogen and oxygen atoms in total. The third-order valence-corrected chi connectivity index (χ3v) is 6.76. The lowest BCUT2D eigenvalue weighted by Gasteiger charge is -2.27. The van der Waals surface area contributed by atoms with E-state index in [0.29, 0.717) is 25.7 Å². The third-order valence-electron chi connectivity index (χ3n) is 5.24. The summed E-state index contributed by atoms with van der Waals surface area (Å²) < 4.78 is 33.3. The van der Waals surface area contributed by atoms with Crippen LogP contribution in [0, 0.1) is 5.92 Å². The van der Waals surface area contributed by atoms with Crippen molar-refractivity contribution in [3.05, 3.63) is 48.5 Å². The molecule has 0 radical (unpaired) electrons. The summed E-state index contributed by atoms with van der Waals surface area (Å²) in [5.41, 5.74) is 2.72. The SMILES string of the molecule is CNc1cc(S(=O)(=O)N[C@H]2CC[C@H](C(=O)OC)CC2)ccc1-c1ccccc1. The van der Waals surface area contributed by atoms with Crippen molar-refractivity contribution < 1.29 is 17.9 Å².